The Morgan fingerprint density at radius 1 is 1.17 bits per heavy atom. The smallest absolute Gasteiger partial charge is 0.317 e. The molecule has 134 valence electrons. The highest BCUT2D eigenvalue weighted by molar-refractivity contribution is 5.74. The van der Waals surface area contributed by atoms with Gasteiger partial charge >= 0.3 is 6.03 Å². The Morgan fingerprint density at radius 3 is 2.46 bits per heavy atom. The van der Waals surface area contributed by atoms with Gasteiger partial charge in [0.1, 0.15) is 0 Å². The maximum Gasteiger partial charge on any atom is 0.317 e. The fourth-order valence-electron chi connectivity index (χ4n) is 3.66. The Labute approximate surface area is 145 Å². The molecule has 0 spiro atoms. The zero-order valence-electron chi connectivity index (χ0n) is 15.2. The van der Waals surface area contributed by atoms with Crippen LogP contribution in [0.3, 0.4) is 0 Å². The largest absolute Gasteiger partial charge is 0.335 e. The highest BCUT2D eigenvalue weighted by Gasteiger charge is 2.27. The summed E-state index contributed by atoms with van der Waals surface area (Å²) in [6.07, 6.45) is 9.21. The van der Waals surface area contributed by atoms with Crippen LogP contribution in [0, 0.1) is 5.92 Å². The molecule has 0 aromatic carbocycles. The lowest BCUT2D eigenvalue weighted by molar-refractivity contribution is 0.163. The molecule has 2 heterocycles. The highest BCUT2D eigenvalue weighted by Crippen LogP contribution is 2.33. The second kappa shape index (κ2) is 7.53. The van der Waals surface area contributed by atoms with Crippen LogP contribution in [0.4, 0.5) is 4.79 Å². The summed E-state index contributed by atoms with van der Waals surface area (Å²) in [5.74, 6) is 1.07. The minimum atomic E-state index is 0.0693. The zero-order valence-corrected chi connectivity index (χ0v) is 15.2. The van der Waals surface area contributed by atoms with Crippen molar-refractivity contribution in [3.05, 3.63) is 11.9 Å². The van der Waals surface area contributed by atoms with Crippen LogP contribution < -0.4 is 5.32 Å². The van der Waals surface area contributed by atoms with Gasteiger partial charge < -0.3 is 10.2 Å². The van der Waals surface area contributed by atoms with Gasteiger partial charge in [0, 0.05) is 31.2 Å². The Bertz CT molecular complexity index is 541. The number of urea groups is 1. The van der Waals surface area contributed by atoms with E-state index < -0.39 is 0 Å². The van der Waals surface area contributed by atoms with Gasteiger partial charge in [0.25, 0.3) is 0 Å². The van der Waals surface area contributed by atoms with Gasteiger partial charge in [-0.25, -0.2) is 9.48 Å². The first-order valence-corrected chi connectivity index (χ1v) is 9.51. The molecule has 1 atom stereocenters. The summed E-state index contributed by atoms with van der Waals surface area (Å²) < 4.78 is 2.04. The van der Waals surface area contributed by atoms with Gasteiger partial charge in [-0.15, -0.1) is 5.10 Å². The molecule has 2 aliphatic rings. The summed E-state index contributed by atoms with van der Waals surface area (Å²) in [7, 11) is 0. The molecular weight excluding hydrogens is 302 g/mol. The van der Waals surface area contributed by atoms with Gasteiger partial charge in [0.05, 0.1) is 11.7 Å². The molecule has 2 amide bonds. The van der Waals surface area contributed by atoms with E-state index in [1.807, 2.05) is 9.58 Å². The van der Waals surface area contributed by atoms with Crippen molar-refractivity contribution in [2.24, 2.45) is 5.92 Å². The van der Waals surface area contributed by atoms with Crippen LogP contribution in [0.1, 0.15) is 76.9 Å². The average Bonchev–Trinajstić information content (AvgIpc) is 3.26. The fraction of sp³-hybridized carbons (Fsp3) is 0.833. The lowest BCUT2D eigenvalue weighted by Crippen LogP contribution is -2.48. The summed E-state index contributed by atoms with van der Waals surface area (Å²) >= 11 is 0. The Kier molecular flexibility index (Phi) is 5.41. The van der Waals surface area contributed by atoms with Crippen molar-refractivity contribution in [3.8, 4) is 0 Å². The SMILES string of the molecule is CC(C)[C@@H](C)NC(=O)N1CCC(n2cc(C3CCCC3)nn2)CC1. The molecular formula is C18H31N5O. The molecule has 1 aliphatic heterocycles. The van der Waals surface area contributed by atoms with Crippen LogP contribution in [-0.4, -0.2) is 45.1 Å². The molecule has 24 heavy (non-hydrogen) atoms. The van der Waals surface area contributed by atoms with Gasteiger partial charge in [-0.1, -0.05) is 31.9 Å². The quantitative estimate of drug-likeness (QED) is 0.919. The van der Waals surface area contributed by atoms with Gasteiger partial charge in [-0.05, 0) is 38.5 Å². The summed E-state index contributed by atoms with van der Waals surface area (Å²) in [5.41, 5.74) is 1.17. The molecule has 1 aliphatic carbocycles. The molecule has 1 N–H and O–H groups in total. The topological polar surface area (TPSA) is 63.1 Å². The van der Waals surface area contributed by atoms with Crippen LogP contribution in [0.15, 0.2) is 6.20 Å². The predicted molar refractivity (Wildman–Crippen MR) is 93.9 cm³/mol. The van der Waals surface area contributed by atoms with Crippen LogP contribution in [0.5, 0.6) is 0 Å². The van der Waals surface area contributed by atoms with Gasteiger partial charge in [-0.2, -0.15) is 0 Å². The summed E-state index contributed by atoms with van der Waals surface area (Å²) in [6.45, 7) is 7.91. The number of aromatic nitrogens is 3. The first-order chi connectivity index (χ1) is 11.5. The summed E-state index contributed by atoms with van der Waals surface area (Å²) in [6, 6.07) is 0.651. The standard InChI is InChI=1S/C18H31N5O/c1-13(2)14(3)19-18(24)22-10-8-16(9-11-22)23-12-17(20-21-23)15-6-4-5-7-15/h12-16H,4-11H2,1-3H3,(H,19,24)/t14-/m1/s1. The third-order valence-electron chi connectivity index (χ3n) is 5.78. The summed E-state index contributed by atoms with van der Waals surface area (Å²) in [5, 5.41) is 11.9. The van der Waals surface area contributed by atoms with Gasteiger partial charge in [0.2, 0.25) is 0 Å². The van der Waals surface area contributed by atoms with Crippen molar-refractivity contribution in [1.82, 2.24) is 25.2 Å². The van der Waals surface area contributed by atoms with Crippen molar-refractivity contribution in [2.75, 3.05) is 13.1 Å². The first kappa shape index (κ1) is 17.2. The maximum atomic E-state index is 12.3. The normalized spacial score (nSPS) is 21.4. The number of likely N-dealkylation sites (tertiary alicyclic amines) is 1. The lowest BCUT2D eigenvalue weighted by Gasteiger charge is -2.33. The average molecular weight is 333 g/mol. The molecule has 3 rings (SSSR count). The van der Waals surface area contributed by atoms with Crippen molar-refractivity contribution < 1.29 is 4.79 Å². The van der Waals surface area contributed by atoms with Crippen LogP contribution in [-0.2, 0) is 0 Å². The minimum absolute atomic E-state index is 0.0693. The van der Waals surface area contributed by atoms with E-state index in [2.05, 4.69) is 42.6 Å². The van der Waals surface area contributed by atoms with Crippen molar-refractivity contribution in [3.63, 3.8) is 0 Å². The summed E-state index contributed by atoms with van der Waals surface area (Å²) in [4.78, 5) is 14.2. The van der Waals surface area contributed by atoms with E-state index >= 15 is 0 Å². The first-order valence-electron chi connectivity index (χ1n) is 9.51. The number of carbonyl (C=O) groups excluding carboxylic acids is 1. The molecule has 6 heteroatoms. The number of piperidine rings is 1. The maximum absolute atomic E-state index is 12.3. The van der Waals surface area contributed by atoms with Crippen molar-refractivity contribution in [1.29, 1.82) is 0 Å². The van der Waals surface area contributed by atoms with Crippen LogP contribution in [0.2, 0.25) is 0 Å². The van der Waals surface area contributed by atoms with E-state index in [1.165, 1.54) is 31.4 Å². The lowest BCUT2D eigenvalue weighted by atomic mass is 10.0. The van der Waals surface area contributed by atoms with Crippen molar-refractivity contribution in [2.45, 2.75) is 77.3 Å². The molecule has 1 aromatic rings. The molecule has 1 saturated carbocycles. The Hall–Kier alpha value is -1.59. The molecule has 1 aromatic heterocycles. The minimum Gasteiger partial charge on any atom is -0.335 e. The number of amides is 2. The second-order valence-corrected chi connectivity index (χ2v) is 7.81. The van der Waals surface area contributed by atoms with E-state index in [9.17, 15) is 4.79 Å². The number of carbonyl (C=O) groups is 1. The van der Waals surface area contributed by atoms with E-state index in [0.717, 1.165) is 25.9 Å². The third kappa shape index (κ3) is 3.90. The number of rotatable bonds is 4. The molecule has 1 saturated heterocycles. The Morgan fingerprint density at radius 2 is 1.83 bits per heavy atom. The number of hydrogen-bond donors (Lipinski definition) is 1. The fourth-order valence-corrected chi connectivity index (χ4v) is 3.66. The van der Waals surface area contributed by atoms with E-state index in [4.69, 9.17) is 0 Å². The predicted octanol–water partition coefficient (Wildman–Crippen LogP) is 3.33. The second-order valence-electron chi connectivity index (χ2n) is 7.81. The van der Waals surface area contributed by atoms with E-state index in [0.29, 0.717) is 17.9 Å². The third-order valence-corrected chi connectivity index (χ3v) is 5.78. The zero-order chi connectivity index (χ0) is 17.1. The van der Waals surface area contributed by atoms with Crippen molar-refractivity contribution >= 4 is 6.03 Å². The van der Waals surface area contributed by atoms with Gasteiger partial charge in [0.15, 0.2) is 0 Å². The highest BCUT2D eigenvalue weighted by atomic mass is 16.2. The van der Waals surface area contributed by atoms with Gasteiger partial charge in [-0.3, -0.25) is 0 Å². The number of hydrogen-bond acceptors (Lipinski definition) is 3. The molecule has 0 bridgehead atoms. The van der Waals surface area contributed by atoms with Crippen LogP contribution >= 0.6 is 0 Å². The monoisotopic (exact) mass is 333 g/mol. The van der Waals surface area contributed by atoms with E-state index in [1.54, 1.807) is 0 Å². The number of nitrogens with zero attached hydrogens (tertiary/aromatic N) is 4. The Balaban J connectivity index is 1.50. The molecule has 0 unspecified atom stereocenters. The number of nitrogens with one attached hydrogen (secondary N) is 1. The molecule has 6 nitrogen and oxygen atoms in total. The van der Waals surface area contributed by atoms with E-state index in [-0.39, 0.29) is 12.1 Å². The molecule has 0 radical (unpaired) electrons. The molecule has 2 fully saturated rings. The van der Waals surface area contributed by atoms with Crippen LogP contribution in [0.25, 0.3) is 0 Å².